The molecule has 4 heteroatoms. The Morgan fingerprint density at radius 3 is 2.22 bits per heavy atom. The van der Waals surface area contributed by atoms with Crippen molar-refractivity contribution >= 4 is 11.6 Å². The number of anilines is 1. The molecule has 0 aliphatic rings. The molecule has 0 fully saturated rings. The van der Waals surface area contributed by atoms with Gasteiger partial charge in [0.25, 0.3) is 5.91 Å². The van der Waals surface area contributed by atoms with Crippen molar-refractivity contribution in [3.8, 4) is 18.4 Å². The van der Waals surface area contributed by atoms with Crippen LogP contribution in [0.2, 0.25) is 0 Å². The zero-order valence-electron chi connectivity index (χ0n) is 14.4. The van der Waals surface area contributed by atoms with E-state index in [1.165, 1.54) is 6.42 Å². The van der Waals surface area contributed by atoms with Crippen LogP contribution in [0.3, 0.4) is 0 Å². The summed E-state index contributed by atoms with van der Waals surface area (Å²) in [5.74, 6) is 1.40. The second-order valence-corrected chi connectivity index (χ2v) is 4.16. The summed E-state index contributed by atoms with van der Waals surface area (Å²) in [6, 6.07) is 10.4. The summed E-state index contributed by atoms with van der Waals surface area (Å²) in [7, 11) is 0. The molecule has 2 N–H and O–H groups in total. The molecule has 1 amide bonds. The van der Waals surface area contributed by atoms with Crippen LogP contribution in [0.25, 0.3) is 0 Å². The molecular weight excluding hydrogens is 288 g/mol. The molecule has 4 nitrogen and oxygen atoms in total. The lowest BCUT2D eigenvalue weighted by atomic mass is 10.1. The summed E-state index contributed by atoms with van der Waals surface area (Å²) >= 11 is 0. The van der Waals surface area contributed by atoms with Gasteiger partial charge in [-0.25, -0.2) is 0 Å². The normalized spacial score (nSPS) is 9.48. The molecule has 0 aromatic heterocycles. The Bertz CT molecular complexity index is 549. The van der Waals surface area contributed by atoms with Crippen LogP contribution in [0, 0.1) is 23.7 Å². The molecule has 0 bridgehead atoms. The molecule has 1 aromatic carbocycles. The fourth-order valence-electron chi connectivity index (χ4n) is 1.28. The highest BCUT2D eigenvalue weighted by atomic mass is 16.3. The quantitative estimate of drug-likeness (QED) is 0.362. The zero-order chi connectivity index (χ0) is 18.1. The van der Waals surface area contributed by atoms with E-state index in [0.29, 0.717) is 5.69 Å². The first-order valence-electron chi connectivity index (χ1n) is 7.72. The number of rotatable bonds is 4. The van der Waals surface area contributed by atoms with Crippen molar-refractivity contribution in [3.63, 3.8) is 0 Å². The van der Waals surface area contributed by atoms with Crippen LogP contribution in [0.4, 0.5) is 5.69 Å². The van der Waals surface area contributed by atoms with Crippen molar-refractivity contribution < 1.29 is 9.90 Å². The first-order chi connectivity index (χ1) is 11.1. The third kappa shape index (κ3) is 10.6. The number of nitriles is 1. The number of aliphatic hydroxyl groups excluding tert-OH is 1. The summed E-state index contributed by atoms with van der Waals surface area (Å²) in [5, 5.41) is 21.0. The van der Waals surface area contributed by atoms with Gasteiger partial charge in [0.2, 0.25) is 0 Å². The fourth-order valence-corrected chi connectivity index (χ4v) is 1.28. The van der Waals surface area contributed by atoms with Gasteiger partial charge >= 0.3 is 0 Å². The highest BCUT2D eigenvalue weighted by molar-refractivity contribution is 6.06. The minimum absolute atomic E-state index is 0.113. The Hall–Kier alpha value is -2.72. The molecule has 0 atom stereocenters. The molecule has 0 saturated carbocycles. The minimum atomic E-state index is -0.641. The number of allylic oxidation sites excluding steroid dienone is 1. The predicted octanol–water partition coefficient (Wildman–Crippen LogP) is 4.82. The van der Waals surface area contributed by atoms with E-state index < -0.39 is 5.91 Å². The zero-order valence-corrected chi connectivity index (χ0v) is 14.4. The second kappa shape index (κ2) is 15.7. The largest absolute Gasteiger partial charge is 0.511 e. The minimum Gasteiger partial charge on any atom is -0.511 e. The Balaban J connectivity index is 0. The van der Waals surface area contributed by atoms with Gasteiger partial charge in [-0.05, 0) is 12.1 Å². The highest BCUT2D eigenvalue weighted by Gasteiger charge is 2.14. The number of hydrogen-bond donors (Lipinski definition) is 2. The summed E-state index contributed by atoms with van der Waals surface area (Å²) in [5.41, 5.74) is 0.245. The molecule has 0 unspecified atom stereocenters. The number of carbonyl (C=O) groups is 1. The van der Waals surface area contributed by atoms with Crippen LogP contribution in [-0.4, -0.2) is 11.0 Å². The second-order valence-electron chi connectivity index (χ2n) is 4.16. The standard InChI is InChI=1S/C14H12N2O2.C3H8.C2H6/c1-2-3-9-13(17)12(10-15)14(18)16-11-7-5-4-6-8-11;1-3-2;1-2/h1,4-8,17H,3,9H2,(H,16,18);3H2,1-2H3;1-2H3/b13-12-;;. The van der Waals surface area contributed by atoms with Gasteiger partial charge in [-0.1, -0.05) is 52.3 Å². The van der Waals surface area contributed by atoms with E-state index >= 15 is 0 Å². The van der Waals surface area contributed by atoms with Gasteiger partial charge in [0.1, 0.15) is 11.8 Å². The van der Waals surface area contributed by atoms with E-state index in [-0.39, 0.29) is 24.2 Å². The van der Waals surface area contributed by atoms with Crippen molar-refractivity contribution in [3.05, 3.63) is 41.7 Å². The van der Waals surface area contributed by atoms with Gasteiger partial charge in [0.15, 0.2) is 5.57 Å². The van der Waals surface area contributed by atoms with Crippen LogP contribution in [0.5, 0.6) is 0 Å². The molecule has 1 rings (SSSR count). The number of para-hydroxylation sites is 1. The fraction of sp³-hybridized carbons (Fsp3) is 0.368. The number of amides is 1. The third-order valence-corrected chi connectivity index (χ3v) is 2.17. The SMILES string of the molecule is C#CCC/C(O)=C(\C#N)C(=O)Nc1ccccc1.CC.CCC. The van der Waals surface area contributed by atoms with Gasteiger partial charge in [-0.3, -0.25) is 4.79 Å². The van der Waals surface area contributed by atoms with Crippen LogP contribution >= 0.6 is 0 Å². The number of benzene rings is 1. The number of nitrogens with zero attached hydrogens (tertiary/aromatic N) is 1. The molecule has 1 aromatic rings. The first-order valence-corrected chi connectivity index (χ1v) is 7.72. The summed E-state index contributed by atoms with van der Waals surface area (Å²) in [4.78, 5) is 11.7. The van der Waals surface area contributed by atoms with Crippen molar-refractivity contribution in [1.29, 1.82) is 5.26 Å². The topological polar surface area (TPSA) is 73.1 Å². The number of aliphatic hydroxyl groups is 1. The van der Waals surface area contributed by atoms with E-state index in [9.17, 15) is 9.90 Å². The van der Waals surface area contributed by atoms with Crippen molar-refractivity contribution in [1.82, 2.24) is 0 Å². The van der Waals surface area contributed by atoms with Crippen molar-refractivity contribution in [2.45, 2.75) is 47.0 Å². The maximum atomic E-state index is 11.7. The molecular formula is C19H26N2O2. The summed E-state index contributed by atoms with van der Waals surface area (Å²) in [6.45, 7) is 8.25. The number of nitrogens with one attached hydrogen (secondary N) is 1. The molecule has 0 aliphatic carbocycles. The van der Waals surface area contributed by atoms with Gasteiger partial charge in [-0.15, -0.1) is 12.3 Å². The van der Waals surface area contributed by atoms with Crippen molar-refractivity contribution in [2.24, 2.45) is 0 Å². The maximum Gasteiger partial charge on any atom is 0.269 e. The van der Waals surface area contributed by atoms with Crippen LogP contribution < -0.4 is 5.32 Å². The third-order valence-electron chi connectivity index (χ3n) is 2.17. The lowest BCUT2D eigenvalue weighted by Crippen LogP contribution is -2.15. The molecule has 124 valence electrons. The monoisotopic (exact) mass is 314 g/mol. The van der Waals surface area contributed by atoms with Crippen LogP contribution in [-0.2, 0) is 4.79 Å². The number of carbonyl (C=O) groups excluding carboxylic acids is 1. The highest BCUT2D eigenvalue weighted by Crippen LogP contribution is 2.11. The molecule has 0 aliphatic heterocycles. The lowest BCUT2D eigenvalue weighted by Gasteiger charge is -2.05. The van der Waals surface area contributed by atoms with Gasteiger partial charge in [-0.2, -0.15) is 5.26 Å². The van der Waals surface area contributed by atoms with Gasteiger partial charge in [0.05, 0.1) is 0 Å². The first kappa shape index (κ1) is 22.6. The maximum absolute atomic E-state index is 11.7. The van der Waals surface area contributed by atoms with Crippen molar-refractivity contribution in [2.75, 3.05) is 5.32 Å². The average Bonchev–Trinajstić information content (AvgIpc) is 2.57. The summed E-state index contributed by atoms with van der Waals surface area (Å²) in [6.07, 6.45) is 6.69. The smallest absolute Gasteiger partial charge is 0.269 e. The van der Waals surface area contributed by atoms with E-state index in [1.807, 2.05) is 13.8 Å². The lowest BCUT2D eigenvalue weighted by molar-refractivity contribution is -0.112. The molecule has 0 spiro atoms. The van der Waals surface area contributed by atoms with Crippen LogP contribution in [0.15, 0.2) is 41.7 Å². The Morgan fingerprint density at radius 1 is 1.26 bits per heavy atom. The van der Waals surface area contributed by atoms with E-state index in [1.54, 1.807) is 36.4 Å². The van der Waals surface area contributed by atoms with Crippen LogP contribution in [0.1, 0.15) is 47.0 Å². The Labute approximate surface area is 139 Å². The Morgan fingerprint density at radius 2 is 1.78 bits per heavy atom. The van der Waals surface area contributed by atoms with E-state index in [2.05, 4.69) is 25.1 Å². The number of terminal acetylenes is 1. The number of hydrogen-bond acceptors (Lipinski definition) is 3. The molecule has 0 radical (unpaired) electrons. The van der Waals surface area contributed by atoms with E-state index in [0.717, 1.165) is 0 Å². The predicted molar refractivity (Wildman–Crippen MR) is 95.7 cm³/mol. The average molecular weight is 314 g/mol. The molecule has 23 heavy (non-hydrogen) atoms. The van der Waals surface area contributed by atoms with Gasteiger partial charge < -0.3 is 10.4 Å². The van der Waals surface area contributed by atoms with E-state index in [4.69, 9.17) is 11.7 Å². The van der Waals surface area contributed by atoms with Gasteiger partial charge in [0, 0.05) is 18.5 Å². The summed E-state index contributed by atoms with van der Waals surface area (Å²) < 4.78 is 0. The molecule has 0 saturated heterocycles. The molecule has 0 heterocycles. The Kier molecular flexibility index (Phi) is 15.4.